The summed E-state index contributed by atoms with van der Waals surface area (Å²) < 4.78 is 5.84. The van der Waals surface area contributed by atoms with Gasteiger partial charge in [0.1, 0.15) is 5.52 Å². The van der Waals surface area contributed by atoms with Crippen LogP contribution < -0.4 is 5.32 Å². The lowest BCUT2D eigenvalue weighted by atomic mass is 10.1. The predicted octanol–water partition coefficient (Wildman–Crippen LogP) is 4.22. The van der Waals surface area contributed by atoms with Gasteiger partial charge in [0.2, 0.25) is 5.89 Å². The van der Waals surface area contributed by atoms with Gasteiger partial charge in [0.15, 0.2) is 16.9 Å². The fraction of sp³-hybridized carbons (Fsp3) is 0.118. The molecule has 1 N–H and O–H groups in total. The third-order valence-corrected chi connectivity index (χ3v) is 3.91. The second-order valence-corrected chi connectivity index (χ2v) is 5.64. The summed E-state index contributed by atoms with van der Waals surface area (Å²) in [6, 6.07) is 13.5. The van der Waals surface area contributed by atoms with Crippen molar-refractivity contribution in [3.63, 3.8) is 0 Å². The highest BCUT2D eigenvalue weighted by molar-refractivity contribution is 8.13. The summed E-state index contributed by atoms with van der Waals surface area (Å²) >= 11 is 1.37. The molecule has 0 aliphatic heterocycles. The van der Waals surface area contributed by atoms with Gasteiger partial charge in [-0.2, -0.15) is 5.26 Å². The molecule has 0 amide bonds. The van der Waals surface area contributed by atoms with Crippen LogP contribution in [0.3, 0.4) is 0 Å². The quantitative estimate of drug-likeness (QED) is 0.331. The highest BCUT2D eigenvalue weighted by atomic mass is 32.2. The highest BCUT2D eigenvalue weighted by Gasteiger charge is 2.10. The molecule has 0 aliphatic rings. The van der Waals surface area contributed by atoms with Crippen LogP contribution in [0.1, 0.15) is 5.56 Å². The van der Waals surface area contributed by atoms with Crippen molar-refractivity contribution < 1.29 is 4.42 Å². The van der Waals surface area contributed by atoms with Crippen molar-refractivity contribution in [3.05, 3.63) is 48.0 Å². The number of aliphatic imine (C=N–C) groups is 1. The van der Waals surface area contributed by atoms with Crippen LogP contribution in [0.25, 0.3) is 22.6 Å². The lowest BCUT2D eigenvalue weighted by molar-refractivity contribution is 0.619. The molecule has 0 unspecified atom stereocenters. The fourth-order valence-electron chi connectivity index (χ4n) is 2.20. The van der Waals surface area contributed by atoms with E-state index in [2.05, 4.69) is 15.3 Å². The van der Waals surface area contributed by atoms with E-state index in [0.717, 1.165) is 16.6 Å². The van der Waals surface area contributed by atoms with Crippen LogP contribution in [-0.4, -0.2) is 16.4 Å². The summed E-state index contributed by atoms with van der Waals surface area (Å²) in [5.41, 5.74) is 4.25. The minimum Gasteiger partial charge on any atom is -0.436 e. The van der Waals surface area contributed by atoms with Gasteiger partial charge in [-0.1, -0.05) is 30.0 Å². The average molecular weight is 322 g/mol. The number of fused-ring (bicyclic) bond motifs is 1. The molecule has 1 heterocycles. The number of nitriles is 1. The molecular weight excluding hydrogens is 308 g/mol. The third-order valence-electron chi connectivity index (χ3n) is 3.33. The Labute approximate surface area is 138 Å². The molecule has 2 aromatic carbocycles. The van der Waals surface area contributed by atoms with Gasteiger partial charge in [0.05, 0.1) is 5.69 Å². The number of amidine groups is 1. The number of aromatic nitrogens is 1. The maximum Gasteiger partial charge on any atom is 0.227 e. The second kappa shape index (κ2) is 6.55. The number of benzene rings is 2. The van der Waals surface area contributed by atoms with E-state index in [1.807, 2.05) is 61.8 Å². The normalized spacial score (nSPS) is 11.4. The fourth-order valence-corrected chi connectivity index (χ4v) is 2.55. The number of aryl methyl sites for hydroxylation is 1. The van der Waals surface area contributed by atoms with Crippen molar-refractivity contribution in [2.24, 2.45) is 4.99 Å². The Kier molecular flexibility index (Phi) is 4.31. The zero-order chi connectivity index (χ0) is 16.2. The van der Waals surface area contributed by atoms with Crippen LogP contribution >= 0.6 is 11.8 Å². The molecule has 3 aromatic rings. The molecule has 0 spiro atoms. The van der Waals surface area contributed by atoms with Crippen molar-refractivity contribution in [1.82, 2.24) is 10.3 Å². The van der Waals surface area contributed by atoms with Crippen LogP contribution in [-0.2, 0) is 0 Å². The third kappa shape index (κ3) is 3.20. The van der Waals surface area contributed by atoms with Gasteiger partial charge in [-0.15, -0.1) is 0 Å². The minimum atomic E-state index is 0.537. The van der Waals surface area contributed by atoms with E-state index in [4.69, 9.17) is 9.68 Å². The van der Waals surface area contributed by atoms with Crippen LogP contribution in [0.4, 0.5) is 5.69 Å². The monoisotopic (exact) mass is 322 g/mol. The van der Waals surface area contributed by atoms with Crippen molar-refractivity contribution in [3.8, 4) is 17.6 Å². The van der Waals surface area contributed by atoms with E-state index < -0.39 is 0 Å². The van der Waals surface area contributed by atoms with Gasteiger partial charge in [-0.3, -0.25) is 5.32 Å². The molecule has 0 atom stereocenters. The molecule has 1 aromatic heterocycles. The van der Waals surface area contributed by atoms with E-state index in [1.54, 1.807) is 0 Å². The molecular formula is C17H14N4OS. The number of rotatable bonds is 2. The van der Waals surface area contributed by atoms with Crippen molar-refractivity contribution in [2.45, 2.75) is 6.92 Å². The number of nitrogens with one attached hydrogen (secondary N) is 1. The Bertz CT molecular complexity index is 924. The van der Waals surface area contributed by atoms with Crippen molar-refractivity contribution in [1.29, 1.82) is 5.26 Å². The van der Waals surface area contributed by atoms with Crippen molar-refractivity contribution in [2.75, 3.05) is 6.26 Å². The lowest BCUT2D eigenvalue weighted by Gasteiger charge is -1.98. The average Bonchev–Trinajstić information content (AvgIpc) is 2.97. The molecule has 0 saturated carbocycles. The Morgan fingerprint density at radius 2 is 2.13 bits per heavy atom. The first-order valence-electron chi connectivity index (χ1n) is 6.95. The first-order valence-corrected chi connectivity index (χ1v) is 8.18. The molecule has 0 saturated heterocycles. The number of nitrogens with zero attached hydrogens (tertiary/aromatic N) is 3. The van der Waals surface area contributed by atoms with Gasteiger partial charge in [0, 0.05) is 5.56 Å². The first kappa shape index (κ1) is 15.1. The van der Waals surface area contributed by atoms with Crippen LogP contribution in [0.5, 0.6) is 0 Å². The van der Waals surface area contributed by atoms with E-state index in [1.165, 1.54) is 11.8 Å². The van der Waals surface area contributed by atoms with Crippen LogP contribution in [0.2, 0.25) is 0 Å². The smallest absolute Gasteiger partial charge is 0.227 e. The molecule has 0 fully saturated rings. The topological polar surface area (TPSA) is 74.2 Å². The SMILES string of the molecule is CSC(=Nc1ccc2oc(-c3ccccc3C)nc2c1)NC#N. The predicted molar refractivity (Wildman–Crippen MR) is 93.5 cm³/mol. The van der Waals surface area contributed by atoms with Gasteiger partial charge >= 0.3 is 0 Å². The standard InChI is InChI=1S/C17H14N4OS/c1-11-5-3-4-6-13(11)16-21-14-9-12(7-8-15(14)22-16)20-17(23-2)19-10-18/h3-9H,1-2H3,(H,19,20). The van der Waals surface area contributed by atoms with Crippen LogP contribution in [0, 0.1) is 18.4 Å². The zero-order valence-corrected chi connectivity index (χ0v) is 13.5. The molecule has 0 bridgehead atoms. The van der Waals surface area contributed by atoms with E-state index in [9.17, 15) is 0 Å². The van der Waals surface area contributed by atoms with E-state index >= 15 is 0 Å². The molecule has 114 valence electrons. The summed E-state index contributed by atoms with van der Waals surface area (Å²) in [7, 11) is 0. The number of hydrogen-bond acceptors (Lipinski definition) is 5. The van der Waals surface area contributed by atoms with Gasteiger partial charge in [-0.25, -0.2) is 9.98 Å². The van der Waals surface area contributed by atoms with E-state index in [0.29, 0.717) is 22.3 Å². The summed E-state index contributed by atoms with van der Waals surface area (Å²) in [5, 5.41) is 11.8. The number of oxazole rings is 1. The van der Waals surface area contributed by atoms with Crippen LogP contribution in [0.15, 0.2) is 51.9 Å². The number of hydrogen-bond donors (Lipinski definition) is 1. The summed E-state index contributed by atoms with van der Waals surface area (Å²) in [4.78, 5) is 8.94. The van der Waals surface area contributed by atoms with Crippen molar-refractivity contribution >= 4 is 33.7 Å². The molecule has 23 heavy (non-hydrogen) atoms. The van der Waals surface area contributed by atoms with Gasteiger partial charge < -0.3 is 4.42 Å². The summed E-state index contributed by atoms with van der Waals surface area (Å²) in [6.45, 7) is 2.03. The molecule has 5 nitrogen and oxygen atoms in total. The Morgan fingerprint density at radius 3 is 2.87 bits per heavy atom. The zero-order valence-electron chi connectivity index (χ0n) is 12.7. The van der Waals surface area contributed by atoms with E-state index in [-0.39, 0.29) is 0 Å². The minimum absolute atomic E-state index is 0.537. The molecule has 3 rings (SSSR count). The largest absolute Gasteiger partial charge is 0.436 e. The highest BCUT2D eigenvalue weighted by Crippen LogP contribution is 2.29. The molecule has 0 radical (unpaired) electrons. The molecule has 0 aliphatic carbocycles. The second-order valence-electron chi connectivity index (χ2n) is 4.84. The summed E-state index contributed by atoms with van der Waals surface area (Å²) in [6.07, 6.45) is 3.73. The lowest BCUT2D eigenvalue weighted by Crippen LogP contribution is -2.12. The Balaban J connectivity index is 2.02. The van der Waals surface area contributed by atoms with Gasteiger partial charge in [0.25, 0.3) is 0 Å². The molecule has 6 heteroatoms. The maximum absolute atomic E-state index is 8.69. The summed E-state index contributed by atoms with van der Waals surface area (Å²) in [5.74, 6) is 0.597. The Hall–Kier alpha value is -2.78. The maximum atomic E-state index is 8.69. The number of thioether (sulfide) groups is 1. The first-order chi connectivity index (χ1) is 11.2. The Morgan fingerprint density at radius 1 is 1.30 bits per heavy atom. The van der Waals surface area contributed by atoms with Gasteiger partial charge in [-0.05, 0) is 43.0 Å².